The Morgan fingerprint density at radius 1 is 1.28 bits per heavy atom. The average Bonchev–Trinajstić information content (AvgIpc) is 2.37. The van der Waals surface area contributed by atoms with Gasteiger partial charge in [-0.05, 0) is 33.1 Å². The number of morpholine rings is 1. The normalized spacial score (nSPS) is 28.3. The minimum atomic E-state index is -0.298. The minimum Gasteiger partial charge on any atom is -0.367 e. The van der Waals surface area contributed by atoms with Crippen LogP contribution in [0.25, 0.3) is 0 Å². The summed E-state index contributed by atoms with van der Waals surface area (Å²) in [6, 6.07) is 0.157. The molecule has 0 spiro atoms. The molecule has 2 rings (SSSR count). The van der Waals surface area contributed by atoms with Crippen LogP contribution in [0.1, 0.15) is 33.1 Å². The largest absolute Gasteiger partial charge is 0.367 e. The van der Waals surface area contributed by atoms with E-state index in [0.29, 0.717) is 19.6 Å². The van der Waals surface area contributed by atoms with Gasteiger partial charge in [0.05, 0.1) is 18.2 Å². The lowest BCUT2D eigenvalue weighted by Crippen LogP contribution is -2.59. The molecule has 0 bridgehead atoms. The molecule has 18 heavy (non-hydrogen) atoms. The van der Waals surface area contributed by atoms with Crippen LogP contribution in [-0.2, 0) is 4.74 Å². The number of likely N-dealkylation sites (tertiary alicyclic amines) is 1. The highest BCUT2D eigenvalue weighted by Crippen LogP contribution is 2.22. The predicted octanol–water partition coefficient (Wildman–Crippen LogP) is 1.03. The Bertz CT molecular complexity index is 301. The fraction of sp³-hybridized carbons (Fsp3) is 0.923. The number of amides is 2. The van der Waals surface area contributed by atoms with Gasteiger partial charge < -0.3 is 20.3 Å². The Balaban J connectivity index is 1.99. The first-order chi connectivity index (χ1) is 8.52. The van der Waals surface area contributed by atoms with Gasteiger partial charge in [0.25, 0.3) is 0 Å². The van der Waals surface area contributed by atoms with Crippen LogP contribution < -0.4 is 5.73 Å². The average molecular weight is 255 g/mol. The van der Waals surface area contributed by atoms with Crippen molar-refractivity contribution in [1.82, 2.24) is 9.80 Å². The maximum absolute atomic E-state index is 12.5. The van der Waals surface area contributed by atoms with Gasteiger partial charge in [0.15, 0.2) is 0 Å². The number of nitrogens with zero attached hydrogens (tertiary/aromatic N) is 2. The summed E-state index contributed by atoms with van der Waals surface area (Å²) in [6.45, 7) is 7.56. The fourth-order valence-electron chi connectivity index (χ4n) is 2.85. The number of ether oxygens (including phenoxy) is 1. The van der Waals surface area contributed by atoms with Gasteiger partial charge in [-0.2, -0.15) is 0 Å². The van der Waals surface area contributed by atoms with E-state index in [4.69, 9.17) is 10.5 Å². The second kappa shape index (κ2) is 5.45. The number of nitrogens with two attached hydrogens (primary N) is 1. The smallest absolute Gasteiger partial charge is 0.320 e. The first kappa shape index (κ1) is 13.6. The number of rotatable bonds is 1. The molecular weight excluding hydrogens is 230 g/mol. The molecule has 0 aromatic rings. The number of hydrogen-bond donors (Lipinski definition) is 1. The van der Waals surface area contributed by atoms with Crippen LogP contribution in [0.2, 0.25) is 0 Å². The van der Waals surface area contributed by atoms with Gasteiger partial charge in [-0.25, -0.2) is 4.79 Å². The molecule has 2 aliphatic rings. The molecule has 0 aromatic heterocycles. The highest BCUT2D eigenvalue weighted by molar-refractivity contribution is 5.74. The zero-order valence-electron chi connectivity index (χ0n) is 11.5. The fourth-order valence-corrected chi connectivity index (χ4v) is 2.85. The highest BCUT2D eigenvalue weighted by Gasteiger charge is 2.36. The third-order valence-electron chi connectivity index (χ3n) is 3.64. The number of piperidine rings is 1. The lowest BCUT2D eigenvalue weighted by molar-refractivity contribution is -0.122. The van der Waals surface area contributed by atoms with Crippen molar-refractivity contribution in [2.75, 3.05) is 32.7 Å². The standard InChI is InChI=1S/C13H25N3O2/c1-13(2)10-16(9-11(8-14)18-13)12(17)15-6-4-3-5-7-15/h11H,3-10,14H2,1-2H3. The van der Waals surface area contributed by atoms with Crippen LogP contribution >= 0.6 is 0 Å². The number of carbonyl (C=O) groups excluding carboxylic acids is 1. The molecule has 2 saturated heterocycles. The van der Waals surface area contributed by atoms with Gasteiger partial charge in [-0.1, -0.05) is 0 Å². The summed E-state index contributed by atoms with van der Waals surface area (Å²) in [4.78, 5) is 16.3. The summed E-state index contributed by atoms with van der Waals surface area (Å²) in [5, 5.41) is 0. The maximum Gasteiger partial charge on any atom is 0.320 e. The molecule has 2 amide bonds. The van der Waals surface area contributed by atoms with Crippen molar-refractivity contribution >= 4 is 6.03 Å². The summed E-state index contributed by atoms with van der Waals surface area (Å²) in [6.07, 6.45) is 3.45. The SMILES string of the molecule is CC1(C)CN(C(=O)N2CCCCC2)CC(CN)O1. The quantitative estimate of drug-likeness (QED) is 0.761. The van der Waals surface area contributed by atoms with E-state index >= 15 is 0 Å². The predicted molar refractivity (Wildman–Crippen MR) is 70.4 cm³/mol. The zero-order chi connectivity index (χ0) is 13.2. The summed E-state index contributed by atoms with van der Waals surface area (Å²) in [5.41, 5.74) is 5.39. The van der Waals surface area contributed by atoms with Crippen LogP contribution in [0.15, 0.2) is 0 Å². The maximum atomic E-state index is 12.5. The zero-order valence-corrected chi connectivity index (χ0v) is 11.5. The van der Waals surface area contributed by atoms with E-state index in [2.05, 4.69) is 0 Å². The number of hydrogen-bond acceptors (Lipinski definition) is 3. The monoisotopic (exact) mass is 255 g/mol. The molecule has 5 heteroatoms. The Morgan fingerprint density at radius 2 is 1.94 bits per heavy atom. The van der Waals surface area contributed by atoms with Gasteiger partial charge >= 0.3 is 6.03 Å². The molecule has 2 fully saturated rings. The second-order valence-electron chi connectivity index (χ2n) is 5.95. The van der Waals surface area contributed by atoms with Crippen molar-refractivity contribution in [3.8, 4) is 0 Å². The Morgan fingerprint density at radius 3 is 2.56 bits per heavy atom. The van der Waals surface area contributed by atoms with E-state index < -0.39 is 0 Å². The number of carbonyl (C=O) groups is 1. The summed E-state index contributed by atoms with van der Waals surface area (Å²) >= 11 is 0. The van der Waals surface area contributed by atoms with Crippen molar-refractivity contribution in [3.05, 3.63) is 0 Å². The molecule has 2 heterocycles. The summed E-state index contributed by atoms with van der Waals surface area (Å²) in [7, 11) is 0. The second-order valence-corrected chi connectivity index (χ2v) is 5.95. The van der Waals surface area contributed by atoms with Gasteiger partial charge in [-0.3, -0.25) is 0 Å². The van der Waals surface area contributed by atoms with Crippen molar-refractivity contribution < 1.29 is 9.53 Å². The summed E-state index contributed by atoms with van der Waals surface area (Å²) < 4.78 is 5.85. The first-order valence-electron chi connectivity index (χ1n) is 6.93. The van der Waals surface area contributed by atoms with Crippen molar-refractivity contribution in [2.45, 2.75) is 44.8 Å². The molecule has 104 valence electrons. The van der Waals surface area contributed by atoms with Crippen LogP contribution in [0.4, 0.5) is 4.79 Å². The van der Waals surface area contributed by atoms with Gasteiger partial charge in [0.2, 0.25) is 0 Å². The third kappa shape index (κ3) is 3.14. The van der Waals surface area contributed by atoms with Crippen molar-refractivity contribution in [3.63, 3.8) is 0 Å². The molecule has 0 radical (unpaired) electrons. The molecule has 0 saturated carbocycles. The first-order valence-corrected chi connectivity index (χ1v) is 6.93. The van der Waals surface area contributed by atoms with Gasteiger partial charge in [0.1, 0.15) is 0 Å². The molecule has 0 aliphatic carbocycles. The van der Waals surface area contributed by atoms with Crippen LogP contribution in [-0.4, -0.2) is 60.3 Å². The molecule has 2 aliphatic heterocycles. The highest BCUT2D eigenvalue weighted by atomic mass is 16.5. The van der Waals surface area contributed by atoms with Crippen LogP contribution in [0.3, 0.4) is 0 Å². The Kier molecular flexibility index (Phi) is 4.12. The minimum absolute atomic E-state index is 0.0394. The van der Waals surface area contributed by atoms with Crippen molar-refractivity contribution in [1.29, 1.82) is 0 Å². The molecule has 1 unspecified atom stereocenters. The molecular formula is C13H25N3O2. The van der Waals surface area contributed by atoms with E-state index in [1.165, 1.54) is 6.42 Å². The van der Waals surface area contributed by atoms with E-state index in [9.17, 15) is 4.79 Å². The third-order valence-corrected chi connectivity index (χ3v) is 3.64. The Labute approximate surface area is 109 Å². The lowest BCUT2D eigenvalue weighted by atomic mass is 10.1. The van der Waals surface area contributed by atoms with Crippen LogP contribution in [0, 0.1) is 0 Å². The topological polar surface area (TPSA) is 58.8 Å². The lowest BCUT2D eigenvalue weighted by Gasteiger charge is -2.44. The molecule has 1 atom stereocenters. The van der Waals surface area contributed by atoms with E-state index in [0.717, 1.165) is 25.9 Å². The van der Waals surface area contributed by atoms with Gasteiger partial charge in [-0.15, -0.1) is 0 Å². The molecule has 0 aromatic carbocycles. The van der Waals surface area contributed by atoms with E-state index in [1.54, 1.807) is 0 Å². The molecule has 2 N–H and O–H groups in total. The van der Waals surface area contributed by atoms with Gasteiger partial charge in [0, 0.05) is 26.2 Å². The van der Waals surface area contributed by atoms with E-state index in [-0.39, 0.29) is 17.7 Å². The Hall–Kier alpha value is -0.810. The molecule has 5 nitrogen and oxygen atoms in total. The van der Waals surface area contributed by atoms with Crippen molar-refractivity contribution in [2.24, 2.45) is 5.73 Å². The van der Waals surface area contributed by atoms with Crippen LogP contribution in [0.5, 0.6) is 0 Å². The van der Waals surface area contributed by atoms with E-state index in [1.807, 2.05) is 23.6 Å². The summed E-state index contributed by atoms with van der Waals surface area (Å²) in [5.74, 6) is 0. The number of urea groups is 1.